The van der Waals surface area contributed by atoms with Crippen LogP contribution in [0.5, 0.6) is 0 Å². The maximum Gasteiger partial charge on any atom is 0.0661 e. The van der Waals surface area contributed by atoms with E-state index in [1.54, 1.807) is 0 Å². The first-order chi connectivity index (χ1) is 9.44. The van der Waals surface area contributed by atoms with Gasteiger partial charge in [0.25, 0.3) is 0 Å². The normalized spacial score (nSPS) is 28.9. The second-order valence-corrected chi connectivity index (χ2v) is 8.00. The predicted octanol–water partition coefficient (Wildman–Crippen LogP) is 2.89. The number of rotatable bonds is 5. The molecule has 2 aliphatic rings. The molecule has 3 nitrogen and oxygen atoms in total. The van der Waals surface area contributed by atoms with E-state index in [1.807, 2.05) is 7.11 Å². The SMILES string of the molecule is COCC(CN)(C1CC1)N1CCCC(C(C)(C)C)CC1. The lowest BCUT2D eigenvalue weighted by Gasteiger charge is -2.43. The van der Waals surface area contributed by atoms with Crippen molar-refractivity contribution in [3.8, 4) is 0 Å². The molecule has 2 fully saturated rings. The van der Waals surface area contributed by atoms with Crippen LogP contribution >= 0.6 is 0 Å². The van der Waals surface area contributed by atoms with Crippen molar-refractivity contribution in [1.29, 1.82) is 0 Å². The molecule has 3 heteroatoms. The molecule has 0 radical (unpaired) electrons. The van der Waals surface area contributed by atoms with Gasteiger partial charge in [-0.15, -0.1) is 0 Å². The van der Waals surface area contributed by atoms with E-state index in [1.165, 1.54) is 45.2 Å². The third kappa shape index (κ3) is 3.37. The van der Waals surface area contributed by atoms with Gasteiger partial charge in [-0.25, -0.2) is 0 Å². The molecule has 2 N–H and O–H groups in total. The van der Waals surface area contributed by atoms with Crippen molar-refractivity contribution in [1.82, 2.24) is 4.90 Å². The molecule has 1 saturated carbocycles. The lowest BCUT2D eigenvalue weighted by atomic mass is 9.76. The Morgan fingerprint density at radius 1 is 1.05 bits per heavy atom. The van der Waals surface area contributed by atoms with Gasteiger partial charge in [0.1, 0.15) is 0 Å². The molecule has 1 saturated heterocycles. The molecule has 0 aromatic rings. The highest BCUT2D eigenvalue weighted by Gasteiger charge is 2.48. The van der Waals surface area contributed by atoms with Crippen molar-refractivity contribution < 1.29 is 4.74 Å². The minimum atomic E-state index is 0.113. The second-order valence-electron chi connectivity index (χ2n) is 8.00. The Morgan fingerprint density at radius 3 is 2.25 bits per heavy atom. The molecule has 20 heavy (non-hydrogen) atoms. The Hall–Kier alpha value is -0.120. The maximum atomic E-state index is 6.22. The Kier molecular flexibility index (Phi) is 5.14. The minimum Gasteiger partial charge on any atom is -0.383 e. The fourth-order valence-electron chi connectivity index (χ4n) is 4.10. The minimum absolute atomic E-state index is 0.113. The molecule has 2 atom stereocenters. The molecule has 2 unspecified atom stereocenters. The van der Waals surface area contributed by atoms with Crippen molar-refractivity contribution in [3.05, 3.63) is 0 Å². The van der Waals surface area contributed by atoms with Crippen molar-refractivity contribution in [3.63, 3.8) is 0 Å². The van der Waals surface area contributed by atoms with Gasteiger partial charge in [-0.1, -0.05) is 20.8 Å². The molecule has 1 heterocycles. The molecule has 0 spiro atoms. The first kappa shape index (κ1) is 16.3. The molecule has 118 valence electrons. The summed E-state index contributed by atoms with van der Waals surface area (Å²) >= 11 is 0. The van der Waals surface area contributed by atoms with E-state index in [0.29, 0.717) is 5.41 Å². The van der Waals surface area contributed by atoms with Gasteiger partial charge >= 0.3 is 0 Å². The highest BCUT2D eigenvalue weighted by molar-refractivity contribution is 5.04. The lowest BCUT2D eigenvalue weighted by Crippen LogP contribution is -2.59. The fourth-order valence-corrected chi connectivity index (χ4v) is 4.10. The van der Waals surface area contributed by atoms with Crippen LogP contribution in [0.15, 0.2) is 0 Å². The summed E-state index contributed by atoms with van der Waals surface area (Å²) in [5, 5.41) is 0. The first-order valence-corrected chi connectivity index (χ1v) is 8.38. The molecule has 2 rings (SSSR count). The van der Waals surface area contributed by atoms with Crippen LogP contribution in [0, 0.1) is 17.3 Å². The standard InChI is InChI=1S/C17H34N2O/c1-16(2,3)14-6-5-10-19(11-9-14)17(12-18,13-20-4)15-7-8-15/h14-15H,5-13,18H2,1-4H3. The van der Waals surface area contributed by atoms with E-state index in [9.17, 15) is 0 Å². The Balaban J connectivity index is 2.07. The quantitative estimate of drug-likeness (QED) is 0.842. The van der Waals surface area contributed by atoms with E-state index in [4.69, 9.17) is 10.5 Å². The van der Waals surface area contributed by atoms with Gasteiger partial charge in [0, 0.05) is 13.7 Å². The van der Waals surface area contributed by atoms with Crippen LogP contribution in [0.25, 0.3) is 0 Å². The van der Waals surface area contributed by atoms with Gasteiger partial charge in [-0.05, 0) is 62.4 Å². The number of hydrogen-bond acceptors (Lipinski definition) is 3. The first-order valence-electron chi connectivity index (χ1n) is 8.38. The molecule has 0 bridgehead atoms. The maximum absolute atomic E-state index is 6.22. The van der Waals surface area contributed by atoms with Crippen molar-refractivity contribution in [2.24, 2.45) is 23.0 Å². The Morgan fingerprint density at radius 2 is 1.75 bits per heavy atom. The zero-order valence-corrected chi connectivity index (χ0v) is 14.0. The largest absolute Gasteiger partial charge is 0.383 e. The summed E-state index contributed by atoms with van der Waals surface area (Å²) in [4.78, 5) is 2.68. The topological polar surface area (TPSA) is 38.5 Å². The average molecular weight is 282 g/mol. The van der Waals surface area contributed by atoms with Gasteiger partial charge in [0.2, 0.25) is 0 Å². The molecule has 1 aliphatic heterocycles. The molecular weight excluding hydrogens is 248 g/mol. The summed E-state index contributed by atoms with van der Waals surface area (Å²) in [7, 11) is 1.82. The van der Waals surface area contributed by atoms with Gasteiger partial charge < -0.3 is 10.5 Å². The molecule has 0 aromatic carbocycles. The van der Waals surface area contributed by atoms with Crippen LogP contribution in [0.4, 0.5) is 0 Å². The predicted molar refractivity (Wildman–Crippen MR) is 84.8 cm³/mol. The van der Waals surface area contributed by atoms with Crippen LogP contribution in [-0.2, 0) is 4.74 Å². The van der Waals surface area contributed by atoms with Crippen LogP contribution < -0.4 is 5.73 Å². The van der Waals surface area contributed by atoms with Crippen molar-refractivity contribution in [2.45, 2.75) is 58.4 Å². The van der Waals surface area contributed by atoms with E-state index in [2.05, 4.69) is 25.7 Å². The van der Waals surface area contributed by atoms with Gasteiger partial charge in [0.05, 0.1) is 12.1 Å². The Labute approximate surface area is 125 Å². The summed E-state index contributed by atoms with van der Waals surface area (Å²) in [5.41, 5.74) is 6.76. The summed E-state index contributed by atoms with van der Waals surface area (Å²) in [6, 6.07) is 0. The van der Waals surface area contributed by atoms with Crippen LogP contribution in [0.3, 0.4) is 0 Å². The fraction of sp³-hybridized carbons (Fsp3) is 1.00. The van der Waals surface area contributed by atoms with E-state index in [0.717, 1.165) is 25.0 Å². The highest BCUT2D eigenvalue weighted by Crippen LogP contribution is 2.44. The number of likely N-dealkylation sites (tertiary alicyclic amines) is 1. The summed E-state index contributed by atoms with van der Waals surface area (Å²) in [6.07, 6.45) is 6.64. The molecule has 0 aromatic heterocycles. The number of ether oxygens (including phenoxy) is 1. The summed E-state index contributed by atoms with van der Waals surface area (Å²) < 4.78 is 5.57. The number of hydrogen-bond donors (Lipinski definition) is 1. The Bertz CT molecular complexity index is 309. The number of methoxy groups -OCH3 is 1. The smallest absolute Gasteiger partial charge is 0.0661 e. The van der Waals surface area contributed by atoms with Gasteiger partial charge in [-0.2, -0.15) is 0 Å². The summed E-state index contributed by atoms with van der Waals surface area (Å²) in [6.45, 7) is 11.1. The molecular formula is C17H34N2O. The van der Waals surface area contributed by atoms with Gasteiger partial charge in [0.15, 0.2) is 0 Å². The number of nitrogens with two attached hydrogens (primary N) is 1. The zero-order valence-electron chi connectivity index (χ0n) is 14.0. The summed E-state index contributed by atoms with van der Waals surface area (Å²) in [5.74, 6) is 1.60. The second kappa shape index (κ2) is 6.33. The highest BCUT2D eigenvalue weighted by atomic mass is 16.5. The van der Waals surface area contributed by atoms with Crippen molar-refractivity contribution in [2.75, 3.05) is 33.4 Å². The van der Waals surface area contributed by atoms with Gasteiger partial charge in [-0.3, -0.25) is 4.90 Å². The van der Waals surface area contributed by atoms with E-state index >= 15 is 0 Å². The lowest BCUT2D eigenvalue weighted by molar-refractivity contribution is -0.000393. The van der Waals surface area contributed by atoms with Crippen molar-refractivity contribution >= 4 is 0 Å². The van der Waals surface area contributed by atoms with Crippen LogP contribution in [0.2, 0.25) is 0 Å². The molecule has 0 amide bonds. The third-order valence-electron chi connectivity index (χ3n) is 5.67. The van der Waals surface area contributed by atoms with Crippen LogP contribution in [-0.4, -0.2) is 43.8 Å². The average Bonchev–Trinajstić information content (AvgIpc) is 3.20. The van der Waals surface area contributed by atoms with E-state index in [-0.39, 0.29) is 5.54 Å². The zero-order chi connectivity index (χ0) is 14.8. The van der Waals surface area contributed by atoms with E-state index < -0.39 is 0 Å². The number of nitrogens with zero attached hydrogens (tertiary/aromatic N) is 1. The molecule has 1 aliphatic carbocycles. The third-order valence-corrected chi connectivity index (χ3v) is 5.67. The van der Waals surface area contributed by atoms with Crippen LogP contribution in [0.1, 0.15) is 52.9 Å². The monoisotopic (exact) mass is 282 g/mol.